The lowest BCUT2D eigenvalue weighted by atomic mass is 10.0. The Hall–Kier alpha value is -0.490. The van der Waals surface area contributed by atoms with E-state index in [1.165, 1.54) is 56.1 Å². The third-order valence-electron chi connectivity index (χ3n) is 3.23. The molecule has 0 unspecified atom stereocenters. The fraction of sp³-hybridized carbons (Fsp3) is 0.625. The zero-order chi connectivity index (χ0) is 12.3. The molecule has 0 aliphatic rings. The molecule has 0 fully saturated rings. The van der Waals surface area contributed by atoms with Gasteiger partial charge in [-0.15, -0.1) is 11.6 Å². The third-order valence-corrected chi connectivity index (χ3v) is 3.41. The van der Waals surface area contributed by atoms with Crippen LogP contribution in [0.2, 0.25) is 0 Å². The van der Waals surface area contributed by atoms with Gasteiger partial charge >= 0.3 is 0 Å². The lowest BCUT2D eigenvalue weighted by Crippen LogP contribution is -1.89. The summed E-state index contributed by atoms with van der Waals surface area (Å²) >= 11 is 5.72. The van der Waals surface area contributed by atoms with E-state index in [4.69, 9.17) is 11.6 Å². The van der Waals surface area contributed by atoms with Crippen LogP contribution in [0, 0.1) is 0 Å². The second kappa shape index (κ2) is 9.53. The number of aryl methyl sites for hydroxylation is 2. The van der Waals surface area contributed by atoms with Crippen molar-refractivity contribution in [2.45, 2.75) is 58.3 Å². The summed E-state index contributed by atoms with van der Waals surface area (Å²) < 4.78 is 0. The molecule has 96 valence electrons. The Bertz CT molecular complexity index is 276. The molecule has 0 bridgehead atoms. The monoisotopic (exact) mass is 252 g/mol. The van der Waals surface area contributed by atoms with Gasteiger partial charge in [0.05, 0.1) is 0 Å². The van der Waals surface area contributed by atoms with Crippen molar-refractivity contribution in [3.8, 4) is 0 Å². The van der Waals surface area contributed by atoms with E-state index in [0.29, 0.717) is 0 Å². The normalized spacial score (nSPS) is 10.7. The summed E-state index contributed by atoms with van der Waals surface area (Å²) in [6, 6.07) is 8.95. The quantitative estimate of drug-likeness (QED) is 0.409. The van der Waals surface area contributed by atoms with Crippen molar-refractivity contribution in [2.75, 3.05) is 5.88 Å². The summed E-state index contributed by atoms with van der Waals surface area (Å²) in [5.74, 6) is 0.719. The second-order valence-corrected chi connectivity index (χ2v) is 5.15. The Kier molecular flexibility index (Phi) is 8.17. The lowest BCUT2D eigenvalue weighted by Gasteiger charge is -2.03. The molecule has 0 aliphatic heterocycles. The lowest BCUT2D eigenvalue weighted by molar-refractivity contribution is 0.607. The van der Waals surface area contributed by atoms with E-state index < -0.39 is 0 Å². The number of unbranched alkanes of at least 4 members (excludes halogenated alkanes) is 5. The zero-order valence-electron chi connectivity index (χ0n) is 11.1. The van der Waals surface area contributed by atoms with Crippen molar-refractivity contribution in [1.29, 1.82) is 0 Å². The van der Waals surface area contributed by atoms with E-state index in [0.717, 1.165) is 12.3 Å². The van der Waals surface area contributed by atoms with Gasteiger partial charge in [0.2, 0.25) is 0 Å². The Morgan fingerprint density at radius 2 is 1.29 bits per heavy atom. The van der Waals surface area contributed by atoms with Gasteiger partial charge in [-0.25, -0.2) is 0 Å². The van der Waals surface area contributed by atoms with Crippen LogP contribution in [-0.2, 0) is 12.8 Å². The van der Waals surface area contributed by atoms with Crippen molar-refractivity contribution in [3.63, 3.8) is 0 Å². The predicted molar refractivity (Wildman–Crippen MR) is 77.9 cm³/mol. The highest BCUT2D eigenvalue weighted by atomic mass is 35.5. The van der Waals surface area contributed by atoms with Crippen molar-refractivity contribution in [1.82, 2.24) is 0 Å². The predicted octanol–water partition coefficient (Wildman–Crippen LogP) is 5.37. The summed E-state index contributed by atoms with van der Waals surface area (Å²) in [5, 5.41) is 0. The maximum Gasteiger partial charge on any atom is 0.0263 e. The number of halogens is 1. The van der Waals surface area contributed by atoms with Gasteiger partial charge in [0.1, 0.15) is 0 Å². The number of alkyl halides is 1. The van der Waals surface area contributed by atoms with Crippen molar-refractivity contribution in [2.24, 2.45) is 0 Å². The van der Waals surface area contributed by atoms with Crippen molar-refractivity contribution in [3.05, 3.63) is 35.4 Å². The maximum absolute atomic E-state index is 5.72. The third kappa shape index (κ3) is 6.73. The molecule has 1 aromatic carbocycles. The van der Waals surface area contributed by atoms with Crippen LogP contribution in [0.1, 0.15) is 56.6 Å². The Morgan fingerprint density at radius 1 is 0.765 bits per heavy atom. The van der Waals surface area contributed by atoms with Gasteiger partial charge < -0.3 is 0 Å². The molecule has 0 radical (unpaired) electrons. The van der Waals surface area contributed by atoms with Crippen LogP contribution in [0.4, 0.5) is 0 Å². The molecule has 0 amide bonds. The molecule has 0 aromatic heterocycles. The minimum Gasteiger partial charge on any atom is -0.126 e. The van der Waals surface area contributed by atoms with Crippen LogP contribution in [0.15, 0.2) is 24.3 Å². The van der Waals surface area contributed by atoms with Crippen LogP contribution >= 0.6 is 11.6 Å². The van der Waals surface area contributed by atoms with E-state index in [-0.39, 0.29) is 0 Å². The molecule has 0 N–H and O–H groups in total. The summed E-state index contributed by atoms with van der Waals surface area (Å²) in [6.45, 7) is 2.27. The van der Waals surface area contributed by atoms with Gasteiger partial charge in [-0.05, 0) is 30.4 Å². The molecule has 17 heavy (non-hydrogen) atoms. The van der Waals surface area contributed by atoms with E-state index >= 15 is 0 Å². The smallest absolute Gasteiger partial charge is 0.0263 e. The van der Waals surface area contributed by atoms with Crippen LogP contribution in [0.25, 0.3) is 0 Å². The first-order valence-corrected chi connectivity index (χ1v) is 7.54. The summed E-state index contributed by atoms with van der Waals surface area (Å²) in [6.07, 6.45) is 10.5. The highest BCUT2D eigenvalue weighted by molar-refractivity contribution is 6.17. The molecule has 0 heterocycles. The van der Waals surface area contributed by atoms with E-state index in [9.17, 15) is 0 Å². The fourth-order valence-corrected chi connectivity index (χ4v) is 2.31. The summed E-state index contributed by atoms with van der Waals surface area (Å²) in [7, 11) is 0. The van der Waals surface area contributed by atoms with Gasteiger partial charge in [0, 0.05) is 5.88 Å². The molecule has 0 saturated carbocycles. The molecule has 0 atom stereocenters. The minimum atomic E-state index is 0.719. The molecule has 0 saturated heterocycles. The van der Waals surface area contributed by atoms with E-state index in [2.05, 4.69) is 31.2 Å². The van der Waals surface area contributed by atoms with Crippen LogP contribution < -0.4 is 0 Å². The molecule has 0 aliphatic carbocycles. The maximum atomic E-state index is 5.72. The Morgan fingerprint density at radius 3 is 1.88 bits per heavy atom. The van der Waals surface area contributed by atoms with Gasteiger partial charge in [-0.1, -0.05) is 63.3 Å². The SMILES string of the molecule is CCCCCCCCc1ccc(CCCl)cc1. The topological polar surface area (TPSA) is 0 Å². The summed E-state index contributed by atoms with van der Waals surface area (Å²) in [4.78, 5) is 0. The number of hydrogen-bond donors (Lipinski definition) is 0. The summed E-state index contributed by atoms with van der Waals surface area (Å²) in [5.41, 5.74) is 2.82. The standard InChI is InChI=1S/C16H25Cl/c1-2-3-4-5-6-7-8-15-9-11-16(12-10-15)13-14-17/h9-12H,2-8,13-14H2,1H3. The van der Waals surface area contributed by atoms with Crippen molar-refractivity contribution >= 4 is 11.6 Å². The highest BCUT2D eigenvalue weighted by Crippen LogP contribution is 2.11. The first-order chi connectivity index (χ1) is 8.36. The second-order valence-electron chi connectivity index (χ2n) is 4.77. The molecule has 1 rings (SSSR count). The largest absolute Gasteiger partial charge is 0.126 e. The molecule has 1 aromatic rings. The Balaban J connectivity index is 2.14. The van der Waals surface area contributed by atoms with Crippen molar-refractivity contribution < 1.29 is 0 Å². The van der Waals surface area contributed by atoms with E-state index in [1.54, 1.807) is 0 Å². The van der Waals surface area contributed by atoms with E-state index in [1.807, 2.05) is 0 Å². The first kappa shape index (κ1) is 14.6. The molecule has 0 spiro atoms. The molecular weight excluding hydrogens is 228 g/mol. The van der Waals surface area contributed by atoms with Crippen LogP contribution in [-0.4, -0.2) is 5.88 Å². The van der Waals surface area contributed by atoms with Gasteiger partial charge in [-0.3, -0.25) is 0 Å². The number of hydrogen-bond acceptors (Lipinski definition) is 0. The van der Waals surface area contributed by atoms with Crippen LogP contribution in [0.3, 0.4) is 0 Å². The minimum absolute atomic E-state index is 0.719. The average Bonchev–Trinajstić information content (AvgIpc) is 2.36. The number of rotatable bonds is 9. The van der Waals surface area contributed by atoms with Crippen LogP contribution in [0.5, 0.6) is 0 Å². The fourth-order valence-electron chi connectivity index (χ4n) is 2.09. The molecule has 1 heteroatoms. The Labute approximate surface area is 111 Å². The van der Waals surface area contributed by atoms with Gasteiger partial charge in [0.25, 0.3) is 0 Å². The molecule has 0 nitrogen and oxygen atoms in total. The highest BCUT2D eigenvalue weighted by Gasteiger charge is 1.95. The first-order valence-electron chi connectivity index (χ1n) is 7.00. The average molecular weight is 253 g/mol. The van der Waals surface area contributed by atoms with Gasteiger partial charge in [-0.2, -0.15) is 0 Å². The molecular formula is C16H25Cl. The zero-order valence-corrected chi connectivity index (χ0v) is 11.8. The van der Waals surface area contributed by atoms with Gasteiger partial charge in [0.15, 0.2) is 0 Å². The number of benzene rings is 1.